The molecule has 2 saturated heterocycles. The van der Waals surface area contributed by atoms with Gasteiger partial charge in [-0.25, -0.2) is 9.78 Å². The Morgan fingerprint density at radius 1 is 1.16 bits per heavy atom. The lowest BCUT2D eigenvalue weighted by Gasteiger charge is -2.27. The molecule has 0 bridgehead atoms. The maximum atomic E-state index is 13.5. The molecule has 0 radical (unpaired) electrons. The fraction of sp³-hybridized carbons (Fsp3) is 0.704. The van der Waals surface area contributed by atoms with E-state index in [1.807, 2.05) is 18.2 Å². The van der Waals surface area contributed by atoms with Crippen LogP contribution in [0.15, 0.2) is 18.2 Å². The highest BCUT2D eigenvalue weighted by Gasteiger charge is 2.36. The number of anilines is 1. The van der Waals surface area contributed by atoms with Gasteiger partial charge in [0.1, 0.15) is 11.4 Å². The van der Waals surface area contributed by atoms with E-state index in [2.05, 4.69) is 30.7 Å². The van der Waals surface area contributed by atoms with Crippen LogP contribution in [0.2, 0.25) is 0 Å². The van der Waals surface area contributed by atoms with Gasteiger partial charge in [-0.1, -0.05) is 20.8 Å². The second-order valence-electron chi connectivity index (χ2n) is 12.5. The first-order valence-electron chi connectivity index (χ1n) is 13.5. The highest BCUT2D eigenvalue weighted by molar-refractivity contribution is 7.90. The molecule has 38 heavy (non-hydrogen) atoms. The van der Waals surface area contributed by atoms with E-state index in [0.717, 1.165) is 49.5 Å². The molecule has 11 heteroatoms. The third kappa shape index (κ3) is 6.43. The monoisotopic (exact) mass is 549 g/mol. The van der Waals surface area contributed by atoms with Crippen LogP contribution < -0.4 is 9.62 Å². The van der Waals surface area contributed by atoms with Gasteiger partial charge in [-0.05, 0) is 64.2 Å². The smallest absolute Gasteiger partial charge is 0.407 e. The normalized spacial score (nSPS) is 20.1. The SMILES string of the molecule is CN(c1ccc2c(c1)nc(C(C)(C)C)n2CC1CCOCC1)S(=O)(=O)N1CCC(NC(=O)OC(C)(C)C)C1. The van der Waals surface area contributed by atoms with Crippen molar-refractivity contribution in [2.45, 2.75) is 84.4 Å². The van der Waals surface area contributed by atoms with Gasteiger partial charge in [-0.15, -0.1) is 0 Å². The molecule has 1 aromatic heterocycles. The van der Waals surface area contributed by atoms with Crippen LogP contribution in [-0.4, -0.2) is 73.4 Å². The molecule has 2 aliphatic rings. The van der Waals surface area contributed by atoms with E-state index >= 15 is 0 Å². The summed E-state index contributed by atoms with van der Waals surface area (Å²) in [6.45, 7) is 14.8. The summed E-state index contributed by atoms with van der Waals surface area (Å²) in [6, 6.07) is 5.39. The Kier molecular flexibility index (Phi) is 8.03. The van der Waals surface area contributed by atoms with Gasteiger partial charge in [0, 0.05) is 51.4 Å². The predicted molar refractivity (Wildman–Crippen MR) is 149 cm³/mol. The van der Waals surface area contributed by atoms with Gasteiger partial charge in [0.05, 0.1) is 16.7 Å². The van der Waals surface area contributed by atoms with E-state index in [1.54, 1.807) is 27.8 Å². The Hall–Kier alpha value is -2.37. The van der Waals surface area contributed by atoms with Crippen LogP contribution in [0.1, 0.15) is 66.6 Å². The van der Waals surface area contributed by atoms with Crippen LogP contribution in [0.5, 0.6) is 0 Å². The number of amides is 1. The average Bonchev–Trinajstić information content (AvgIpc) is 3.43. The third-order valence-electron chi connectivity index (χ3n) is 7.09. The fourth-order valence-corrected chi connectivity index (χ4v) is 6.53. The molecular weight excluding hydrogens is 506 g/mol. The number of nitrogens with zero attached hydrogens (tertiary/aromatic N) is 4. The molecule has 1 atom stereocenters. The van der Waals surface area contributed by atoms with Gasteiger partial charge in [-0.3, -0.25) is 4.31 Å². The molecule has 212 valence electrons. The quantitative estimate of drug-likeness (QED) is 0.583. The molecule has 0 spiro atoms. The highest BCUT2D eigenvalue weighted by Crippen LogP contribution is 2.32. The number of hydrogen-bond acceptors (Lipinski definition) is 6. The number of fused-ring (bicyclic) bond motifs is 1. The average molecular weight is 550 g/mol. The van der Waals surface area contributed by atoms with Gasteiger partial charge in [-0.2, -0.15) is 12.7 Å². The lowest BCUT2D eigenvalue weighted by atomic mass is 9.94. The molecule has 3 heterocycles. The first-order valence-corrected chi connectivity index (χ1v) is 14.9. The topological polar surface area (TPSA) is 106 Å². The van der Waals surface area contributed by atoms with Crippen molar-refractivity contribution in [2.24, 2.45) is 5.92 Å². The van der Waals surface area contributed by atoms with E-state index in [4.69, 9.17) is 14.5 Å². The maximum Gasteiger partial charge on any atom is 0.407 e. The van der Waals surface area contributed by atoms with Crippen molar-refractivity contribution in [1.82, 2.24) is 19.2 Å². The summed E-state index contributed by atoms with van der Waals surface area (Å²) >= 11 is 0. The number of carbonyl (C=O) groups excluding carboxylic acids is 1. The minimum absolute atomic E-state index is 0.159. The van der Waals surface area contributed by atoms with Gasteiger partial charge < -0.3 is 19.4 Å². The summed E-state index contributed by atoms with van der Waals surface area (Å²) in [4.78, 5) is 17.1. The van der Waals surface area contributed by atoms with Crippen LogP contribution in [0.25, 0.3) is 11.0 Å². The van der Waals surface area contributed by atoms with Crippen LogP contribution in [0.4, 0.5) is 10.5 Å². The molecule has 0 saturated carbocycles. The van der Waals surface area contributed by atoms with E-state index in [1.165, 1.54) is 8.61 Å². The summed E-state index contributed by atoms with van der Waals surface area (Å²) < 4.78 is 42.9. The Bertz CT molecular complexity index is 1260. The second kappa shape index (κ2) is 10.7. The number of benzene rings is 1. The standard InChI is InChI=1S/C27H43N5O5S/c1-26(2,3)24-29-22-16-21(8-9-23(22)32(24)17-19-11-14-36-15-12-19)30(7)38(34,35)31-13-10-20(18-31)28-25(33)37-27(4,5)6/h8-9,16,19-20H,10-15,17-18H2,1-7H3,(H,28,33). The van der Waals surface area contributed by atoms with E-state index in [-0.39, 0.29) is 18.0 Å². The first-order chi connectivity index (χ1) is 17.6. The van der Waals surface area contributed by atoms with Gasteiger partial charge in [0.2, 0.25) is 0 Å². The Morgan fingerprint density at radius 2 is 1.84 bits per heavy atom. The first kappa shape index (κ1) is 28.6. The minimum atomic E-state index is -3.79. The lowest BCUT2D eigenvalue weighted by Crippen LogP contribution is -2.44. The van der Waals surface area contributed by atoms with Gasteiger partial charge in [0.15, 0.2) is 0 Å². The molecule has 10 nitrogen and oxygen atoms in total. The third-order valence-corrected chi connectivity index (χ3v) is 8.98. The number of alkyl carbamates (subject to hydrolysis) is 1. The number of imidazole rings is 1. The predicted octanol–water partition coefficient (Wildman–Crippen LogP) is 4.04. The van der Waals surface area contributed by atoms with E-state index < -0.39 is 21.9 Å². The molecule has 1 unspecified atom stereocenters. The maximum absolute atomic E-state index is 13.5. The Balaban J connectivity index is 1.53. The lowest BCUT2D eigenvalue weighted by molar-refractivity contribution is 0.0507. The molecule has 2 aromatic rings. The summed E-state index contributed by atoms with van der Waals surface area (Å²) in [6.07, 6.45) is 2.05. The van der Waals surface area contributed by atoms with E-state index in [0.29, 0.717) is 24.6 Å². The molecule has 4 rings (SSSR count). The van der Waals surface area contributed by atoms with Crippen molar-refractivity contribution in [1.29, 1.82) is 0 Å². The van der Waals surface area contributed by atoms with Crippen LogP contribution in [0, 0.1) is 5.92 Å². The molecule has 1 N–H and O–H groups in total. The summed E-state index contributed by atoms with van der Waals surface area (Å²) in [5.41, 5.74) is 1.58. The van der Waals surface area contributed by atoms with Crippen LogP contribution >= 0.6 is 0 Å². The van der Waals surface area contributed by atoms with E-state index in [9.17, 15) is 13.2 Å². The zero-order chi connectivity index (χ0) is 27.9. The number of hydrogen-bond donors (Lipinski definition) is 1. The summed E-state index contributed by atoms with van der Waals surface area (Å²) in [5.74, 6) is 1.53. The number of rotatable bonds is 6. The molecule has 1 amide bonds. The summed E-state index contributed by atoms with van der Waals surface area (Å²) in [5, 5.41) is 2.79. The van der Waals surface area contributed by atoms with Crippen LogP contribution in [0.3, 0.4) is 0 Å². The molecule has 1 aromatic carbocycles. The minimum Gasteiger partial charge on any atom is -0.444 e. The zero-order valence-electron chi connectivity index (χ0n) is 23.8. The van der Waals surface area contributed by atoms with Gasteiger partial charge in [0.25, 0.3) is 0 Å². The van der Waals surface area contributed by atoms with Gasteiger partial charge >= 0.3 is 16.3 Å². The van der Waals surface area contributed by atoms with Crippen molar-refractivity contribution in [3.8, 4) is 0 Å². The highest BCUT2D eigenvalue weighted by atomic mass is 32.2. The largest absolute Gasteiger partial charge is 0.444 e. The number of ether oxygens (including phenoxy) is 2. The second-order valence-corrected chi connectivity index (χ2v) is 14.4. The van der Waals surface area contributed by atoms with Crippen molar-refractivity contribution < 1.29 is 22.7 Å². The van der Waals surface area contributed by atoms with Crippen molar-refractivity contribution in [2.75, 3.05) is 37.7 Å². The zero-order valence-corrected chi connectivity index (χ0v) is 24.6. The Morgan fingerprint density at radius 3 is 2.47 bits per heavy atom. The summed E-state index contributed by atoms with van der Waals surface area (Å²) in [7, 11) is -2.23. The Labute approximate surface area is 226 Å². The molecular formula is C27H43N5O5S. The number of aromatic nitrogens is 2. The molecule has 2 fully saturated rings. The molecule has 2 aliphatic heterocycles. The number of carbonyl (C=O) groups is 1. The number of nitrogens with one attached hydrogen (secondary N) is 1. The fourth-order valence-electron chi connectivity index (χ4n) is 5.09. The van der Waals surface area contributed by atoms with Crippen molar-refractivity contribution in [3.05, 3.63) is 24.0 Å². The molecule has 0 aliphatic carbocycles. The van der Waals surface area contributed by atoms with Crippen LogP contribution in [-0.2, 0) is 31.6 Å². The van der Waals surface area contributed by atoms with Crippen molar-refractivity contribution in [3.63, 3.8) is 0 Å². The van der Waals surface area contributed by atoms with Crippen molar-refractivity contribution >= 4 is 33.0 Å².